The van der Waals surface area contributed by atoms with Crippen molar-refractivity contribution in [1.29, 1.82) is 0 Å². The van der Waals surface area contributed by atoms with Crippen LogP contribution in [0.15, 0.2) is 23.8 Å². The van der Waals surface area contributed by atoms with Crippen LogP contribution in [-0.2, 0) is 11.3 Å². The van der Waals surface area contributed by atoms with Gasteiger partial charge in [0.25, 0.3) is 0 Å². The Bertz CT molecular complexity index is 606. The molecule has 0 unspecified atom stereocenters. The Labute approximate surface area is 133 Å². The minimum Gasteiger partial charge on any atom is -0.493 e. The van der Waals surface area contributed by atoms with Gasteiger partial charge in [0.2, 0.25) is 0 Å². The molecule has 0 bridgehead atoms. The lowest BCUT2D eigenvalue weighted by Crippen LogP contribution is -2.38. The summed E-state index contributed by atoms with van der Waals surface area (Å²) in [5.41, 5.74) is 0.877. The second kappa shape index (κ2) is 7.04. The topological polar surface area (TPSA) is 56.7 Å². The van der Waals surface area contributed by atoms with Crippen molar-refractivity contribution < 1.29 is 14.2 Å². The number of methoxy groups -OCH3 is 2. The van der Waals surface area contributed by atoms with Gasteiger partial charge in [-0.1, -0.05) is 0 Å². The average molecular weight is 321 g/mol. The summed E-state index contributed by atoms with van der Waals surface area (Å²) < 4.78 is 16.6. The summed E-state index contributed by atoms with van der Waals surface area (Å²) >= 11 is 1.63. The molecule has 0 N–H and O–H groups in total. The van der Waals surface area contributed by atoms with Crippen LogP contribution >= 0.6 is 11.3 Å². The zero-order valence-electron chi connectivity index (χ0n) is 12.7. The number of morpholine rings is 1. The largest absolute Gasteiger partial charge is 0.493 e. The van der Waals surface area contributed by atoms with Crippen LogP contribution in [0.4, 0.5) is 0 Å². The molecule has 1 fully saturated rings. The standard InChI is InChI=1S/C15H19N3O3S/c1-19-12-3-4-16-11(14(12)20-2)9-18-6-7-21-13(10-18)15-17-5-8-22-15/h3-5,8,13H,6-7,9-10H2,1-2H3/t13-/m1/s1. The highest BCUT2D eigenvalue weighted by molar-refractivity contribution is 7.09. The van der Waals surface area contributed by atoms with Crippen LogP contribution in [0, 0.1) is 0 Å². The van der Waals surface area contributed by atoms with E-state index in [4.69, 9.17) is 14.2 Å². The van der Waals surface area contributed by atoms with E-state index in [1.165, 1.54) is 0 Å². The van der Waals surface area contributed by atoms with Gasteiger partial charge in [0.05, 0.1) is 20.8 Å². The first kappa shape index (κ1) is 15.2. The Balaban J connectivity index is 1.73. The van der Waals surface area contributed by atoms with Gasteiger partial charge in [-0.3, -0.25) is 9.88 Å². The lowest BCUT2D eigenvalue weighted by Gasteiger charge is -2.32. The molecule has 0 radical (unpaired) electrons. The first-order chi connectivity index (χ1) is 10.8. The normalized spacial score (nSPS) is 19.1. The van der Waals surface area contributed by atoms with E-state index in [1.54, 1.807) is 37.8 Å². The van der Waals surface area contributed by atoms with E-state index in [9.17, 15) is 0 Å². The van der Waals surface area contributed by atoms with E-state index in [2.05, 4.69) is 14.9 Å². The SMILES string of the molecule is COc1ccnc(CN2CCO[C@@H](c3nccs3)C2)c1OC. The van der Waals surface area contributed by atoms with Crippen LogP contribution in [0.5, 0.6) is 11.5 Å². The molecule has 1 saturated heterocycles. The zero-order chi connectivity index (χ0) is 15.4. The maximum atomic E-state index is 5.82. The minimum atomic E-state index is 0.0327. The number of ether oxygens (including phenoxy) is 3. The van der Waals surface area contributed by atoms with E-state index >= 15 is 0 Å². The molecule has 0 saturated carbocycles. The van der Waals surface area contributed by atoms with Crippen molar-refractivity contribution in [1.82, 2.24) is 14.9 Å². The van der Waals surface area contributed by atoms with Gasteiger partial charge in [-0.15, -0.1) is 11.3 Å². The highest BCUT2D eigenvalue weighted by atomic mass is 32.1. The summed E-state index contributed by atoms with van der Waals surface area (Å²) in [6, 6.07) is 1.81. The molecule has 1 aliphatic rings. The van der Waals surface area contributed by atoms with Crippen molar-refractivity contribution in [3.05, 3.63) is 34.5 Å². The highest BCUT2D eigenvalue weighted by Gasteiger charge is 2.25. The van der Waals surface area contributed by atoms with Gasteiger partial charge in [0, 0.05) is 43.5 Å². The molecule has 22 heavy (non-hydrogen) atoms. The molecule has 3 rings (SSSR count). The second-order valence-corrected chi connectivity index (χ2v) is 5.88. The fourth-order valence-electron chi connectivity index (χ4n) is 2.56. The van der Waals surface area contributed by atoms with E-state index in [0.717, 1.165) is 23.8 Å². The Kier molecular flexibility index (Phi) is 4.87. The van der Waals surface area contributed by atoms with Crippen molar-refractivity contribution in [3.8, 4) is 11.5 Å². The number of thiazole rings is 1. The van der Waals surface area contributed by atoms with Crippen LogP contribution in [0.3, 0.4) is 0 Å². The Hall–Kier alpha value is -1.70. The monoisotopic (exact) mass is 321 g/mol. The molecule has 1 aliphatic heterocycles. The molecule has 0 aromatic carbocycles. The highest BCUT2D eigenvalue weighted by Crippen LogP contribution is 2.31. The fraction of sp³-hybridized carbons (Fsp3) is 0.467. The van der Waals surface area contributed by atoms with Gasteiger partial charge in [0.1, 0.15) is 16.8 Å². The fourth-order valence-corrected chi connectivity index (χ4v) is 3.24. The van der Waals surface area contributed by atoms with Crippen LogP contribution < -0.4 is 9.47 Å². The third-order valence-electron chi connectivity index (χ3n) is 3.62. The summed E-state index contributed by atoms with van der Waals surface area (Å²) in [6.07, 6.45) is 3.59. The van der Waals surface area contributed by atoms with Crippen LogP contribution in [-0.4, -0.2) is 48.8 Å². The van der Waals surface area contributed by atoms with Crippen LogP contribution in [0.1, 0.15) is 16.8 Å². The van der Waals surface area contributed by atoms with Crippen molar-refractivity contribution >= 4 is 11.3 Å². The maximum Gasteiger partial charge on any atom is 0.183 e. The Morgan fingerprint density at radius 1 is 1.32 bits per heavy atom. The van der Waals surface area contributed by atoms with Gasteiger partial charge in [-0.05, 0) is 0 Å². The van der Waals surface area contributed by atoms with Gasteiger partial charge in [-0.25, -0.2) is 4.98 Å². The molecule has 118 valence electrons. The predicted molar refractivity (Wildman–Crippen MR) is 83.4 cm³/mol. The van der Waals surface area contributed by atoms with Crippen molar-refractivity contribution in [2.24, 2.45) is 0 Å². The molecule has 0 spiro atoms. The molecule has 3 heterocycles. The van der Waals surface area contributed by atoms with Crippen LogP contribution in [0.25, 0.3) is 0 Å². The first-order valence-corrected chi connectivity index (χ1v) is 7.99. The quantitative estimate of drug-likeness (QED) is 0.841. The lowest BCUT2D eigenvalue weighted by molar-refractivity contribution is -0.0335. The van der Waals surface area contributed by atoms with Crippen LogP contribution in [0.2, 0.25) is 0 Å². The van der Waals surface area contributed by atoms with Gasteiger partial charge >= 0.3 is 0 Å². The van der Waals surface area contributed by atoms with E-state index in [-0.39, 0.29) is 6.10 Å². The van der Waals surface area contributed by atoms with Gasteiger partial charge in [0.15, 0.2) is 11.5 Å². The molecular weight excluding hydrogens is 302 g/mol. The third-order valence-corrected chi connectivity index (χ3v) is 4.48. The Morgan fingerprint density at radius 2 is 2.23 bits per heavy atom. The summed E-state index contributed by atoms with van der Waals surface area (Å²) in [6.45, 7) is 3.06. The molecule has 2 aromatic heterocycles. The summed E-state index contributed by atoms with van der Waals surface area (Å²) in [5, 5.41) is 3.00. The summed E-state index contributed by atoms with van der Waals surface area (Å²) in [4.78, 5) is 11.1. The third kappa shape index (κ3) is 3.21. The number of hydrogen-bond acceptors (Lipinski definition) is 7. The van der Waals surface area contributed by atoms with Crippen molar-refractivity contribution in [2.45, 2.75) is 12.6 Å². The lowest BCUT2D eigenvalue weighted by atomic mass is 10.2. The zero-order valence-corrected chi connectivity index (χ0v) is 13.5. The number of pyridine rings is 1. The van der Waals surface area contributed by atoms with Gasteiger partial charge < -0.3 is 14.2 Å². The summed E-state index contributed by atoms with van der Waals surface area (Å²) in [5.74, 6) is 1.40. The minimum absolute atomic E-state index is 0.0327. The predicted octanol–water partition coefficient (Wildman–Crippen LogP) is 2.13. The molecule has 6 nitrogen and oxygen atoms in total. The molecular formula is C15H19N3O3S. The number of aromatic nitrogens is 2. The molecule has 7 heteroatoms. The molecule has 2 aromatic rings. The molecule has 0 amide bonds. The first-order valence-electron chi connectivity index (χ1n) is 7.11. The van der Waals surface area contributed by atoms with E-state index in [1.807, 2.05) is 11.6 Å². The van der Waals surface area contributed by atoms with Gasteiger partial charge in [-0.2, -0.15) is 0 Å². The smallest absolute Gasteiger partial charge is 0.183 e. The van der Waals surface area contributed by atoms with E-state index < -0.39 is 0 Å². The maximum absolute atomic E-state index is 5.82. The average Bonchev–Trinajstić information content (AvgIpc) is 3.09. The number of nitrogens with zero attached hydrogens (tertiary/aromatic N) is 3. The summed E-state index contributed by atoms with van der Waals surface area (Å²) in [7, 11) is 3.27. The van der Waals surface area contributed by atoms with Crippen molar-refractivity contribution in [3.63, 3.8) is 0 Å². The van der Waals surface area contributed by atoms with Crippen molar-refractivity contribution in [2.75, 3.05) is 33.9 Å². The Morgan fingerprint density at radius 3 is 2.95 bits per heavy atom. The molecule has 1 atom stereocenters. The van der Waals surface area contributed by atoms with E-state index in [0.29, 0.717) is 24.7 Å². The second-order valence-electron chi connectivity index (χ2n) is 4.96. The number of hydrogen-bond donors (Lipinski definition) is 0. The number of rotatable bonds is 5. The molecule has 0 aliphatic carbocycles.